The number of thioether (sulfide) groups is 1. The Morgan fingerprint density at radius 1 is 1.00 bits per heavy atom. The fourth-order valence-electron chi connectivity index (χ4n) is 2.81. The molecule has 0 aliphatic carbocycles. The maximum absolute atomic E-state index is 12.0. The van der Waals surface area contributed by atoms with Crippen LogP contribution in [0.15, 0.2) is 47.4 Å². The quantitative estimate of drug-likeness (QED) is 0.364. The van der Waals surface area contributed by atoms with Crippen molar-refractivity contribution in [1.29, 1.82) is 0 Å². The molecule has 0 unspecified atom stereocenters. The van der Waals surface area contributed by atoms with Crippen LogP contribution in [0.3, 0.4) is 0 Å². The summed E-state index contributed by atoms with van der Waals surface area (Å²) in [6, 6.07) is 13.9. The van der Waals surface area contributed by atoms with Crippen molar-refractivity contribution in [2.45, 2.75) is 20.3 Å². The van der Waals surface area contributed by atoms with Gasteiger partial charge >= 0.3 is 0 Å². The molecular formula is C22H23NO3S2. The molecule has 2 aromatic rings. The van der Waals surface area contributed by atoms with Crippen LogP contribution in [0, 0.1) is 13.8 Å². The van der Waals surface area contributed by atoms with E-state index in [0.717, 1.165) is 23.5 Å². The highest BCUT2D eigenvalue weighted by Gasteiger charge is 2.28. The van der Waals surface area contributed by atoms with Crippen molar-refractivity contribution >= 4 is 40.3 Å². The Kier molecular flexibility index (Phi) is 6.75. The van der Waals surface area contributed by atoms with Crippen LogP contribution in [-0.2, 0) is 4.79 Å². The van der Waals surface area contributed by atoms with Gasteiger partial charge in [0.1, 0.15) is 15.8 Å². The second-order valence-electron chi connectivity index (χ2n) is 6.68. The highest BCUT2D eigenvalue weighted by Crippen LogP contribution is 2.31. The molecule has 1 fully saturated rings. The van der Waals surface area contributed by atoms with Crippen LogP contribution < -0.4 is 9.47 Å². The lowest BCUT2D eigenvalue weighted by Crippen LogP contribution is -2.22. The number of hydrogen-bond donors (Lipinski definition) is 0. The molecule has 1 heterocycles. The number of carbonyl (C=O) groups excluding carboxylic acids is 1. The van der Waals surface area contributed by atoms with Crippen LogP contribution in [-0.4, -0.2) is 35.4 Å². The zero-order valence-corrected chi connectivity index (χ0v) is 17.9. The fraction of sp³-hybridized carbons (Fsp3) is 0.273. The van der Waals surface area contributed by atoms with Gasteiger partial charge in [0.05, 0.1) is 18.1 Å². The summed E-state index contributed by atoms with van der Waals surface area (Å²) in [5.74, 6) is 1.64. The Morgan fingerprint density at radius 3 is 2.18 bits per heavy atom. The molecule has 1 amide bonds. The number of aryl methyl sites for hydroxylation is 2. The number of ether oxygens (including phenoxy) is 2. The number of benzene rings is 2. The Labute approximate surface area is 175 Å². The summed E-state index contributed by atoms with van der Waals surface area (Å²) in [5.41, 5.74) is 3.35. The van der Waals surface area contributed by atoms with E-state index in [-0.39, 0.29) is 5.91 Å². The first-order chi connectivity index (χ1) is 13.4. The SMILES string of the molecule is Cc1cc(C)cc(OCCCOc2ccc(/C=C3/SC(=S)N(C)C3=O)cc2)c1. The maximum Gasteiger partial charge on any atom is 0.265 e. The minimum atomic E-state index is -0.0564. The molecule has 4 nitrogen and oxygen atoms in total. The zero-order chi connectivity index (χ0) is 20.1. The molecule has 2 aromatic carbocycles. The number of amides is 1. The lowest BCUT2D eigenvalue weighted by atomic mass is 10.1. The molecule has 146 valence electrons. The van der Waals surface area contributed by atoms with Crippen molar-refractivity contribution in [1.82, 2.24) is 4.90 Å². The summed E-state index contributed by atoms with van der Waals surface area (Å²) >= 11 is 6.47. The third-order valence-electron chi connectivity index (χ3n) is 4.19. The molecular weight excluding hydrogens is 390 g/mol. The van der Waals surface area contributed by atoms with Crippen LogP contribution in [0.5, 0.6) is 11.5 Å². The Morgan fingerprint density at radius 2 is 1.61 bits per heavy atom. The molecule has 1 aliphatic rings. The van der Waals surface area contributed by atoms with Gasteiger partial charge < -0.3 is 9.47 Å². The number of hydrogen-bond acceptors (Lipinski definition) is 5. The molecule has 1 aliphatic heterocycles. The van der Waals surface area contributed by atoms with E-state index in [1.165, 1.54) is 27.8 Å². The third-order valence-corrected chi connectivity index (χ3v) is 5.67. The zero-order valence-electron chi connectivity index (χ0n) is 16.2. The topological polar surface area (TPSA) is 38.8 Å². The molecule has 28 heavy (non-hydrogen) atoms. The van der Waals surface area contributed by atoms with Gasteiger partial charge in [-0.15, -0.1) is 0 Å². The van der Waals surface area contributed by atoms with Gasteiger partial charge in [-0.1, -0.05) is 42.2 Å². The van der Waals surface area contributed by atoms with Crippen molar-refractivity contribution in [3.05, 3.63) is 64.1 Å². The molecule has 6 heteroatoms. The van der Waals surface area contributed by atoms with Crippen LogP contribution >= 0.6 is 24.0 Å². The standard InChI is InChI=1S/C22H23NO3S2/c1-15-11-16(2)13-19(12-15)26-10-4-9-25-18-7-5-17(6-8-18)14-20-21(24)23(3)22(27)28-20/h5-8,11-14H,4,9-10H2,1-3H3/b20-14+. The minimum Gasteiger partial charge on any atom is -0.493 e. The Hall–Kier alpha value is -2.31. The number of thiocarbonyl (C=S) groups is 1. The third kappa shape index (κ3) is 5.36. The van der Waals surface area contributed by atoms with Crippen molar-refractivity contribution in [2.24, 2.45) is 0 Å². The van der Waals surface area contributed by atoms with Crippen molar-refractivity contribution in [3.8, 4) is 11.5 Å². The van der Waals surface area contributed by atoms with Gasteiger partial charge in [0.25, 0.3) is 5.91 Å². The van der Waals surface area contributed by atoms with Gasteiger partial charge in [-0.2, -0.15) is 0 Å². The van der Waals surface area contributed by atoms with E-state index in [4.69, 9.17) is 21.7 Å². The van der Waals surface area contributed by atoms with E-state index in [9.17, 15) is 4.79 Å². The molecule has 0 radical (unpaired) electrons. The first-order valence-electron chi connectivity index (χ1n) is 9.08. The number of rotatable bonds is 7. The van der Waals surface area contributed by atoms with E-state index >= 15 is 0 Å². The van der Waals surface area contributed by atoms with Crippen molar-refractivity contribution < 1.29 is 14.3 Å². The van der Waals surface area contributed by atoms with Crippen molar-refractivity contribution in [3.63, 3.8) is 0 Å². The number of carbonyl (C=O) groups is 1. The predicted molar refractivity (Wildman–Crippen MR) is 119 cm³/mol. The molecule has 3 rings (SSSR count). The first kappa shape index (κ1) is 20.4. The molecule has 1 saturated heterocycles. The monoisotopic (exact) mass is 413 g/mol. The summed E-state index contributed by atoms with van der Waals surface area (Å²) < 4.78 is 12.1. The molecule has 0 spiro atoms. The summed E-state index contributed by atoms with van der Waals surface area (Å²) in [6.07, 6.45) is 2.65. The molecule has 0 bridgehead atoms. The second kappa shape index (κ2) is 9.26. The normalized spacial score (nSPS) is 15.4. The smallest absolute Gasteiger partial charge is 0.265 e. The highest BCUT2D eigenvalue weighted by molar-refractivity contribution is 8.26. The van der Waals surface area contributed by atoms with Gasteiger partial charge in [-0.05, 0) is 60.9 Å². The lowest BCUT2D eigenvalue weighted by Gasteiger charge is -2.09. The maximum atomic E-state index is 12.0. The van der Waals surface area contributed by atoms with Gasteiger partial charge in [0.15, 0.2) is 0 Å². The first-order valence-corrected chi connectivity index (χ1v) is 10.3. The molecule has 0 saturated carbocycles. The summed E-state index contributed by atoms with van der Waals surface area (Å²) in [5, 5.41) is 0. The van der Waals surface area contributed by atoms with Gasteiger partial charge in [0, 0.05) is 13.5 Å². The van der Waals surface area contributed by atoms with E-state index in [2.05, 4.69) is 19.9 Å². The van der Waals surface area contributed by atoms with E-state index in [1.54, 1.807) is 7.05 Å². The van der Waals surface area contributed by atoms with Gasteiger partial charge in [0.2, 0.25) is 0 Å². The number of nitrogens with zero attached hydrogens (tertiary/aromatic N) is 1. The predicted octanol–water partition coefficient (Wildman–Crippen LogP) is 4.98. The summed E-state index contributed by atoms with van der Waals surface area (Å²) in [7, 11) is 1.69. The molecule has 0 N–H and O–H groups in total. The van der Waals surface area contributed by atoms with Crippen LogP contribution in [0.2, 0.25) is 0 Å². The fourth-order valence-corrected chi connectivity index (χ4v) is 3.99. The molecule has 0 aromatic heterocycles. The van der Waals surface area contributed by atoms with Crippen LogP contribution in [0.4, 0.5) is 0 Å². The largest absolute Gasteiger partial charge is 0.493 e. The van der Waals surface area contributed by atoms with Gasteiger partial charge in [-0.3, -0.25) is 9.69 Å². The van der Waals surface area contributed by atoms with Gasteiger partial charge in [-0.25, -0.2) is 0 Å². The second-order valence-corrected chi connectivity index (χ2v) is 8.36. The summed E-state index contributed by atoms with van der Waals surface area (Å²) in [4.78, 5) is 14.2. The lowest BCUT2D eigenvalue weighted by molar-refractivity contribution is -0.121. The molecule has 0 atom stereocenters. The average molecular weight is 414 g/mol. The number of likely N-dealkylation sites (N-methyl/N-ethyl adjacent to an activating group) is 1. The van der Waals surface area contributed by atoms with Crippen molar-refractivity contribution in [2.75, 3.05) is 20.3 Å². The van der Waals surface area contributed by atoms with Crippen LogP contribution in [0.25, 0.3) is 6.08 Å². The highest BCUT2D eigenvalue weighted by atomic mass is 32.2. The average Bonchev–Trinajstić information content (AvgIpc) is 2.89. The van der Waals surface area contributed by atoms with E-state index in [0.29, 0.717) is 22.4 Å². The van der Waals surface area contributed by atoms with E-state index < -0.39 is 0 Å². The Bertz CT molecular complexity index is 886. The minimum absolute atomic E-state index is 0.0564. The summed E-state index contributed by atoms with van der Waals surface area (Å²) in [6.45, 7) is 5.32. The Balaban J connectivity index is 1.45. The van der Waals surface area contributed by atoms with Crippen LogP contribution in [0.1, 0.15) is 23.1 Å². The van der Waals surface area contributed by atoms with E-state index in [1.807, 2.05) is 42.5 Å².